The topological polar surface area (TPSA) is 81.4 Å². The van der Waals surface area contributed by atoms with Gasteiger partial charge in [-0.05, 0) is 49.4 Å². The quantitative estimate of drug-likeness (QED) is 0.795. The second-order valence-electron chi connectivity index (χ2n) is 5.54. The third-order valence-corrected chi connectivity index (χ3v) is 5.60. The highest BCUT2D eigenvalue weighted by Gasteiger charge is 2.30. The van der Waals surface area contributed by atoms with Crippen molar-refractivity contribution < 1.29 is 13.2 Å². The molecule has 1 fully saturated rings. The summed E-state index contributed by atoms with van der Waals surface area (Å²) in [6.07, 6.45) is 3.68. The maximum absolute atomic E-state index is 12.4. The average molecular weight is 312 g/mol. The molecule has 118 valence electrons. The number of benzene rings is 1. The van der Waals surface area contributed by atoms with Crippen molar-refractivity contribution in [2.24, 2.45) is 11.7 Å². The molecule has 0 heterocycles. The number of hydrogen-bond acceptors (Lipinski definition) is 4. The summed E-state index contributed by atoms with van der Waals surface area (Å²) in [5.41, 5.74) is 6.77. The van der Waals surface area contributed by atoms with E-state index in [-0.39, 0.29) is 12.0 Å². The van der Waals surface area contributed by atoms with Crippen LogP contribution >= 0.6 is 0 Å². The zero-order valence-corrected chi connectivity index (χ0v) is 13.2. The summed E-state index contributed by atoms with van der Waals surface area (Å²) >= 11 is 0. The molecule has 1 aliphatic carbocycles. The fourth-order valence-corrected chi connectivity index (χ4v) is 4.14. The molecule has 1 aromatic rings. The number of rotatable bonds is 7. The lowest BCUT2D eigenvalue weighted by Gasteiger charge is -2.19. The predicted octanol–water partition coefficient (Wildman–Crippen LogP) is 1.28. The van der Waals surface area contributed by atoms with Crippen molar-refractivity contribution in [2.45, 2.75) is 36.6 Å². The molecule has 2 atom stereocenters. The molecule has 1 aromatic carbocycles. The molecule has 1 aliphatic rings. The standard InChI is InChI=1S/C15H24N2O3S/c1-20-10-9-12-5-7-14(8-6-12)21(18,19)17-15-4-2-3-13(15)11-16/h5-8,13,15,17H,2-4,9-11,16H2,1H3. The lowest BCUT2D eigenvalue weighted by atomic mass is 10.1. The maximum atomic E-state index is 12.4. The highest BCUT2D eigenvalue weighted by Crippen LogP contribution is 2.26. The van der Waals surface area contributed by atoms with Crippen molar-refractivity contribution in [1.82, 2.24) is 4.72 Å². The average Bonchev–Trinajstić information content (AvgIpc) is 2.92. The number of nitrogens with two attached hydrogens (primary N) is 1. The van der Waals surface area contributed by atoms with Gasteiger partial charge >= 0.3 is 0 Å². The Hall–Kier alpha value is -0.950. The van der Waals surface area contributed by atoms with Crippen molar-refractivity contribution in [3.05, 3.63) is 29.8 Å². The molecule has 0 radical (unpaired) electrons. The second-order valence-corrected chi connectivity index (χ2v) is 7.26. The van der Waals surface area contributed by atoms with E-state index in [1.165, 1.54) is 0 Å². The Balaban J connectivity index is 2.05. The van der Waals surface area contributed by atoms with Gasteiger partial charge in [0.25, 0.3) is 0 Å². The van der Waals surface area contributed by atoms with E-state index >= 15 is 0 Å². The van der Waals surface area contributed by atoms with E-state index in [0.29, 0.717) is 18.0 Å². The van der Waals surface area contributed by atoms with Crippen LogP contribution in [0.5, 0.6) is 0 Å². The molecule has 1 saturated carbocycles. The van der Waals surface area contributed by atoms with Gasteiger partial charge in [-0.25, -0.2) is 13.1 Å². The summed E-state index contributed by atoms with van der Waals surface area (Å²) in [6, 6.07) is 6.94. The molecule has 0 spiro atoms. The summed E-state index contributed by atoms with van der Waals surface area (Å²) < 4.78 is 32.6. The minimum Gasteiger partial charge on any atom is -0.384 e. The lowest BCUT2D eigenvalue weighted by molar-refractivity contribution is 0.202. The normalized spacial score (nSPS) is 22.6. The Kier molecular flexibility index (Phi) is 5.75. The highest BCUT2D eigenvalue weighted by molar-refractivity contribution is 7.89. The number of methoxy groups -OCH3 is 1. The minimum absolute atomic E-state index is 0.0341. The Morgan fingerprint density at radius 1 is 1.29 bits per heavy atom. The van der Waals surface area contributed by atoms with Crippen LogP contribution in [0.3, 0.4) is 0 Å². The van der Waals surface area contributed by atoms with Crippen LogP contribution in [0.2, 0.25) is 0 Å². The van der Waals surface area contributed by atoms with Crippen molar-refractivity contribution in [3.8, 4) is 0 Å². The van der Waals surface area contributed by atoms with Gasteiger partial charge in [0, 0.05) is 13.2 Å². The molecule has 2 unspecified atom stereocenters. The molecular weight excluding hydrogens is 288 g/mol. The molecule has 0 amide bonds. The van der Waals surface area contributed by atoms with E-state index in [0.717, 1.165) is 31.2 Å². The molecule has 21 heavy (non-hydrogen) atoms. The Morgan fingerprint density at radius 2 is 2.00 bits per heavy atom. The van der Waals surface area contributed by atoms with Crippen LogP contribution in [0.4, 0.5) is 0 Å². The number of sulfonamides is 1. The fourth-order valence-electron chi connectivity index (χ4n) is 2.80. The minimum atomic E-state index is -3.46. The molecule has 0 aliphatic heterocycles. The first-order valence-corrected chi connectivity index (χ1v) is 8.85. The zero-order valence-electron chi connectivity index (χ0n) is 12.4. The van der Waals surface area contributed by atoms with Gasteiger partial charge in [-0.3, -0.25) is 0 Å². The summed E-state index contributed by atoms with van der Waals surface area (Å²) in [4.78, 5) is 0.311. The maximum Gasteiger partial charge on any atom is 0.240 e. The molecule has 5 nitrogen and oxygen atoms in total. The van der Waals surface area contributed by atoms with E-state index in [1.54, 1.807) is 19.2 Å². The Morgan fingerprint density at radius 3 is 2.62 bits per heavy atom. The smallest absolute Gasteiger partial charge is 0.240 e. The van der Waals surface area contributed by atoms with E-state index in [2.05, 4.69) is 4.72 Å². The van der Waals surface area contributed by atoms with Crippen molar-refractivity contribution >= 4 is 10.0 Å². The number of hydrogen-bond donors (Lipinski definition) is 2. The van der Waals surface area contributed by atoms with Crippen LogP contribution in [0.25, 0.3) is 0 Å². The largest absolute Gasteiger partial charge is 0.384 e. The summed E-state index contributed by atoms with van der Waals surface area (Å²) in [5.74, 6) is 0.251. The summed E-state index contributed by atoms with van der Waals surface area (Å²) in [5, 5.41) is 0. The Bertz CT molecular complexity index is 543. The van der Waals surface area contributed by atoms with E-state index in [4.69, 9.17) is 10.5 Å². The molecule has 0 saturated heterocycles. The van der Waals surface area contributed by atoms with Crippen molar-refractivity contribution in [2.75, 3.05) is 20.3 Å². The first kappa shape index (κ1) is 16.4. The molecule has 3 N–H and O–H groups in total. The van der Waals surface area contributed by atoms with Gasteiger partial charge in [0.15, 0.2) is 0 Å². The Labute approximate surface area is 126 Å². The second kappa shape index (κ2) is 7.35. The zero-order chi connectivity index (χ0) is 15.3. The van der Waals surface area contributed by atoms with E-state index in [1.807, 2.05) is 12.1 Å². The predicted molar refractivity (Wildman–Crippen MR) is 82.5 cm³/mol. The highest BCUT2D eigenvalue weighted by atomic mass is 32.2. The van der Waals surface area contributed by atoms with Gasteiger partial charge in [0.2, 0.25) is 10.0 Å². The van der Waals surface area contributed by atoms with Gasteiger partial charge in [0.05, 0.1) is 11.5 Å². The summed E-state index contributed by atoms with van der Waals surface area (Å²) in [6.45, 7) is 1.16. The lowest BCUT2D eigenvalue weighted by Crippen LogP contribution is -2.39. The SMILES string of the molecule is COCCc1ccc(S(=O)(=O)NC2CCCC2CN)cc1. The van der Waals surface area contributed by atoms with Gasteiger partial charge in [-0.2, -0.15) is 0 Å². The molecular formula is C15H24N2O3S. The first-order chi connectivity index (χ1) is 10.1. The van der Waals surface area contributed by atoms with Crippen LogP contribution in [-0.2, 0) is 21.2 Å². The van der Waals surface area contributed by atoms with Crippen molar-refractivity contribution in [3.63, 3.8) is 0 Å². The molecule has 0 bridgehead atoms. The third kappa shape index (κ3) is 4.26. The van der Waals surface area contributed by atoms with Crippen LogP contribution in [0, 0.1) is 5.92 Å². The van der Waals surface area contributed by atoms with E-state index < -0.39 is 10.0 Å². The van der Waals surface area contributed by atoms with Crippen LogP contribution < -0.4 is 10.5 Å². The van der Waals surface area contributed by atoms with E-state index in [9.17, 15) is 8.42 Å². The van der Waals surface area contributed by atoms with Crippen LogP contribution in [0.15, 0.2) is 29.2 Å². The van der Waals surface area contributed by atoms with Crippen molar-refractivity contribution in [1.29, 1.82) is 0 Å². The monoisotopic (exact) mass is 312 g/mol. The van der Waals surface area contributed by atoms with Gasteiger partial charge in [-0.1, -0.05) is 18.6 Å². The molecule has 0 aromatic heterocycles. The van der Waals surface area contributed by atoms with Gasteiger partial charge in [-0.15, -0.1) is 0 Å². The van der Waals surface area contributed by atoms with Crippen LogP contribution in [0.1, 0.15) is 24.8 Å². The molecule has 6 heteroatoms. The number of nitrogens with one attached hydrogen (secondary N) is 1. The number of ether oxygens (including phenoxy) is 1. The third-order valence-electron chi connectivity index (χ3n) is 4.10. The van der Waals surface area contributed by atoms with Gasteiger partial charge in [0.1, 0.15) is 0 Å². The van der Waals surface area contributed by atoms with Gasteiger partial charge < -0.3 is 10.5 Å². The first-order valence-electron chi connectivity index (χ1n) is 7.37. The summed E-state index contributed by atoms with van der Waals surface area (Å²) in [7, 11) is -1.81. The van der Waals surface area contributed by atoms with Crippen LogP contribution in [-0.4, -0.2) is 34.7 Å². The molecule has 2 rings (SSSR count). The fraction of sp³-hybridized carbons (Fsp3) is 0.600.